The molecule has 0 spiro atoms. The number of hydrogen-bond acceptors (Lipinski definition) is 3. The Labute approximate surface area is 136 Å². The average molecular weight is 332 g/mol. The molecule has 1 aromatic heterocycles. The number of oxazole rings is 1. The summed E-state index contributed by atoms with van der Waals surface area (Å²) in [7, 11) is 0. The van der Waals surface area contributed by atoms with Gasteiger partial charge in [0.1, 0.15) is 0 Å². The third-order valence-electron chi connectivity index (χ3n) is 3.27. The molecule has 0 aliphatic carbocycles. The third-order valence-corrected chi connectivity index (χ3v) is 3.50. The van der Waals surface area contributed by atoms with Gasteiger partial charge < -0.3 is 15.1 Å². The zero-order chi connectivity index (χ0) is 16.2. The van der Waals surface area contributed by atoms with Gasteiger partial charge >= 0.3 is 11.8 Å². The minimum absolute atomic E-state index is 0.304. The molecule has 0 atom stereocenters. The molecule has 2 amide bonds. The molecule has 3 rings (SSSR count). The van der Waals surface area contributed by atoms with Gasteiger partial charge in [0.2, 0.25) is 0 Å². The summed E-state index contributed by atoms with van der Waals surface area (Å²) in [5, 5.41) is 6.02. The predicted molar refractivity (Wildman–Crippen MR) is 89.0 cm³/mol. The SMILES string of the molecule is O=C(NCCc1ccc2[nH]c(=O)oc2c1)Nc1cccc(Cl)c1. The zero-order valence-corrected chi connectivity index (χ0v) is 12.8. The fraction of sp³-hybridized carbons (Fsp3) is 0.125. The first kappa shape index (κ1) is 15.2. The summed E-state index contributed by atoms with van der Waals surface area (Å²) in [6, 6.07) is 12.1. The molecule has 0 fully saturated rings. The lowest BCUT2D eigenvalue weighted by Crippen LogP contribution is -2.30. The summed E-state index contributed by atoms with van der Waals surface area (Å²) >= 11 is 5.86. The molecular formula is C16H14ClN3O3. The number of urea groups is 1. The van der Waals surface area contributed by atoms with Crippen molar-refractivity contribution in [2.24, 2.45) is 0 Å². The Hall–Kier alpha value is -2.73. The van der Waals surface area contributed by atoms with Crippen molar-refractivity contribution in [1.29, 1.82) is 0 Å². The molecule has 3 N–H and O–H groups in total. The van der Waals surface area contributed by atoms with E-state index in [-0.39, 0.29) is 6.03 Å². The van der Waals surface area contributed by atoms with Crippen LogP contribution in [0.4, 0.5) is 10.5 Å². The number of rotatable bonds is 4. The van der Waals surface area contributed by atoms with Crippen LogP contribution in [-0.2, 0) is 6.42 Å². The van der Waals surface area contributed by atoms with Crippen LogP contribution in [0.2, 0.25) is 5.02 Å². The Morgan fingerprint density at radius 3 is 2.91 bits per heavy atom. The monoisotopic (exact) mass is 331 g/mol. The van der Waals surface area contributed by atoms with Gasteiger partial charge in [0.25, 0.3) is 0 Å². The maximum absolute atomic E-state index is 11.8. The number of hydrogen-bond donors (Lipinski definition) is 3. The molecule has 0 saturated carbocycles. The predicted octanol–water partition coefficient (Wildman–Crippen LogP) is 3.14. The molecule has 2 aromatic carbocycles. The molecule has 0 aliphatic heterocycles. The van der Waals surface area contributed by atoms with Crippen LogP contribution in [0.3, 0.4) is 0 Å². The number of benzene rings is 2. The molecule has 0 saturated heterocycles. The van der Waals surface area contributed by atoms with Crippen molar-refractivity contribution in [3.8, 4) is 0 Å². The summed E-state index contributed by atoms with van der Waals surface area (Å²) in [5.74, 6) is -0.476. The Morgan fingerprint density at radius 2 is 2.09 bits per heavy atom. The van der Waals surface area contributed by atoms with Crippen molar-refractivity contribution < 1.29 is 9.21 Å². The minimum atomic E-state index is -0.476. The van der Waals surface area contributed by atoms with Crippen molar-refractivity contribution in [3.05, 3.63) is 63.6 Å². The quantitative estimate of drug-likeness (QED) is 0.686. The largest absolute Gasteiger partial charge is 0.417 e. The van der Waals surface area contributed by atoms with Gasteiger partial charge in [-0.15, -0.1) is 0 Å². The number of amides is 2. The Balaban J connectivity index is 1.53. The summed E-state index contributed by atoms with van der Waals surface area (Å²) < 4.78 is 5.00. The average Bonchev–Trinajstić information content (AvgIpc) is 2.86. The van der Waals surface area contributed by atoms with E-state index in [9.17, 15) is 9.59 Å². The van der Waals surface area contributed by atoms with Crippen molar-refractivity contribution in [1.82, 2.24) is 10.3 Å². The molecule has 23 heavy (non-hydrogen) atoms. The molecule has 0 radical (unpaired) electrons. The van der Waals surface area contributed by atoms with E-state index < -0.39 is 5.76 Å². The minimum Gasteiger partial charge on any atom is -0.408 e. The molecular weight excluding hydrogens is 318 g/mol. The number of carbonyl (C=O) groups excluding carboxylic acids is 1. The number of aromatic nitrogens is 1. The van der Waals surface area contributed by atoms with Crippen LogP contribution in [0.5, 0.6) is 0 Å². The lowest BCUT2D eigenvalue weighted by Gasteiger charge is -2.08. The zero-order valence-electron chi connectivity index (χ0n) is 12.1. The smallest absolute Gasteiger partial charge is 0.408 e. The van der Waals surface area contributed by atoms with E-state index in [1.807, 2.05) is 6.07 Å². The standard InChI is InChI=1S/C16H14ClN3O3/c17-11-2-1-3-12(9-11)19-15(21)18-7-6-10-4-5-13-14(8-10)23-16(22)20-13/h1-5,8-9H,6-7H2,(H,20,22)(H2,18,19,21). The van der Waals surface area contributed by atoms with Gasteiger partial charge in [-0.3, -0.25) is 4.98 Å². The van der Waals surface area contributed by atoms with Crippen LogP contribution >= 0.6 is 11.6 Å². The molecule has 0 unspecified atom stereocenters. The highest BCUT2D eigenvalue weighted by molar-refractivity contribution is 6.30. The number of halogens is 1. The number of anilines is 1. The van der Waals surface area contributed by atoms with Crippen molar-refractivity contribution in [2.45, 2.75) is 6.42 Å². The molecule has 0 aliphatic rings. The van der Waals surface area contributed by atoms with Gasteiger partial charge in [0.05, 0.1) is 5.52 Å². The van der Waals surface area contributed by atoms with Gasteiger partial charge in [-0.1, -0.05) is 23.7 Å². The van der Waals surface area contributed by atoms with Crippen LogP contribution < -0.4 is 16.4 Å². The highest BCUT2D eigenvalue weighted by Gasteiger charge is 2.04. The van der Waals surface area contributed by atoms with E-state index in [0.29, 0.717) is 34.8 Å². The number of aromatic amines is 1. The lowest BCUT2D eigenvalue weighted by molar-refractivity contribution is 0.252. The van der Waals surface area contributed by atoms with E-state index in [0.717, 1.165) is 5.56 Å². The maximum Gasteiger partial charge on any atom is 0.417 e. The van der Waals surface area contributed by atoms with Crippen LogP contribution in [0, 0.1) is 0 Å². The van der Waals surface area contributed by atoms with E-state index in [1.54, 1.807) is 36.4 Å². The number of fused-ring (bicyclic) bond motifs is 1. The summed E-state index contributed by atoms with van der Waals surface area (Å²) in [6.07, 6.45) is 0.619. The normalized spacial score (nSPS) is 10.7. The first-order valence-electron chi connectivity index (χ1n) is 7.02. The Bertz CT molecular complexity index is 901. The fourth-order valence-corrected chi connectivity index (χ4v) is 2.40. The van der Waals surface area contributed by atoms with Crippen LogP contribution in [0.15, 0.2) is 51.7 Å². The number of H-pyrrole nitrogens is 1. The van der Waals surface area contributed by atoms with Gasteiger partial charge in [0, 0.05) is 17.3 Å². The summed E-state index contributed by atoms with van der Waals surface area (Å²) in [6.45, 7) is 0.451. The van der Waals surface area contributed by atoms with Crippen LogP contribution in [-0.4, -0.2) is 17.6 Å². The van der Waals surface area contributed by atoms with Crippen molar-refractivity contribution in [3.63, 3.8) is 0 Å². The Morgan fingerprint density at radius 1 is 1.22 bits per heavy atom. The fourth-order valence-electron chi connectivity index (χ4n) is 2.21. The first-order chi connectivity index (χ1) is 11.1. The maximum atomic E-state index is 11.8. The number of nitrogens with one attached hydrogen (secondary N) is 3. The molecule has 3 aromatic rings. The van der Waals surface area contributed by atoms with E-state index >= 15 is 0 Å². The first-order valence-corrected chi connectivity index (χ1v) is 7.40. The molecule has 6 nitrogen and oxygen atoms in total. The highest BCUT2D eigenvalue weighted by Crippen LogP contribution is 2.15. The molecule has 1 heterocycles. The third kappa shape index (κ3) is 3.92. The van der Waals surface area contributed by atoms with Crippen molar-refractivity contribution in [2.75, 3.05) is 11.9 Å². The second-order valence-corrected chi connectivity index (χ2v) is 5.42. The highest BCUT2D eigenvalue weighted by atomic mass is 35.5. The van der Waals surface area contributed by atoms with Gasteiger partial charge in [-0.05, 0) is 42.3 Å². The summed E-state index contributed by atoms with van der Waals surface area (Å²) in [5.41, 5.74) is 2.76. The van der Waals surface area contributed by atoms with Gasteiger partial charge in [0.15, 0.2) is 5.58 Å². The van der Waals surface area contributed by atoms with E-state index in [4.69, 9.17) is 16.0 Å². The van der Waals surface area contributed by atoms with Gasteiger partial charge in [-0.25, -0.2) is 9.59 Å². The molecule has 118 valence electrons. The van der Waals surface area contributed by atoms with E-state index in [2.05, 4.69) is 15.6 Å². The second kappa shape index (κ2) is 6.58. The summed E-state index contributed by atoms with van der Waals surface area (Å²) in [4.78, 5) is 25.5. The molecule has 0 bridgehead atoms. The second-order valence-electron chi connectivity index (χ2n) is 4.99. The Kier molecular flexibility index (Phi) is 4.34. The number of carbonyl (C=O) groups is 1. The van der Waals surface area contributed by atoms with Crippen LogP contribution in [0.1, 0.15) is 5.56 Å². The van der Waals surface area contributed by atoms with E-state index in [1.165, 1.54) is 0 Å². The molecule has 7 heteroatoms. The van der Waals surface area contributed by atoms with Crippen molar-refractivity contribution >= 4 is 34.4 Å². The lowest BCUT2D eigenvalue weighted by atomic mass is 10.1. The van der Waals surface area contributed by atoms with Crippen LogP contribution in [0.25, 0.3) is 11.1 Å². The topological polar surface area (TPSA) is 87.1 Å². The van der Waals surface area contributed by atoms with Gasteiger partial charge in [-0.2, -0.15) is 0 Å².